The number of methoxy groups -OCH3 is 1. The van der Waals surface area contributed by atoms with Gasteiger partial charge in [-0.2, -0.15) is 0 Å². The number of hydrogen-bond acceptors (Lipinski definition) is 3. The predicted molar refractivity (Wildman–Crippen MR) is 60.6 cm³/mol. The summed E-state index contributed by atoms with van der Waals surface area (Å²) in [6, 6.07) is 6.53. The Morgan fingerprint density at radius 3 is 2.62 bits per heavy atom. The lowest BCUT2D eigenvalue weighted by atomic mass is 10.1. The van der Waals surface area contributed by atoms with Crippen molar-refractivity contribution in [2.45, 2.75) is 0 Å². The molecule has 1 rings (SSSR count). The fraction of sp³-hybridized carbons (Fsp3) is 0.100. The number of carbonyl (C=O) groups is 1. The van der Waals surface area contributed by atoms with Crippen molar-refractivity contribution >= 4 is 23.1 Å². The van der Waals surface area contributed by atoms with Gasteiger partial charge in [-0.25, -0.2) is 4.79 Å². The van der Waals surface area contributed by atoms with E-state index in [0.29, 0.717) is 10.6 Å². The molecule has 0 amide bonds. The number of benzene rings is 1. The fourth-order valence-electron chi connectivity index (χ4n) is 1.07. The third-order valence-corrected chi connectivity index (χ3v) is 2.05. The Morgan fingerprint density at radius 2 is 2.12 bits per heavy atom. The molecule has 0 bridgehead atoms. The minimum atomic E-state index is -0.574. The zero-order chi connectivity index (χ0) is 12.0. The third kappa shape index (κ3) is 3.02. The van der Waals surface area contributed by atoms with E-state index in [1.54, 1.807) is 24.3 Å². The lowest BCUT2D eigenvalue weighted by Crippen LogP contribution is -2.03. The number of esters is 1. The average Bonchev–Trinajstić information content (AvgIpc) is 2.31. The molecule has 1 aromatic carbocycles. The fourth-order valence-corrected chi connectivity index (χ4v) is 1.19. The van der Waals surface area contributed by atoms with Crippen LogP contribution in [-0.2, 0) is 9.53 Å². The van der Waals surface area contributed by atoms with Crippen LogP contribution in [-0.4, -0.2) is 13.1 Å². The number of halogens is 1. The van der Waals surface area contributed by atoms with Crippen molar-refractivity contribution in [2.75, 3.05) is 7.11 Å². The largest absolute Gasteiger partial charge is 0.465 e. The molecule has 0 aliphatic rings. The Labute approximate surface area is 96.9 Å². The van der Waals surface area contributed by atoms with Gasteiger partial charge in [-0.05, 0) is 23.2 Å². The molecular weight excluding hydrogens is 230 g/mol. The molecule has 16 heavy (non-hydrogen) atoms. The highest BCUT2D eigenvalue weighted by molar-refractivity contribution is 6.30. The van der Waals surface area contributed by atoms with Crippen molar-refractivity contribution < 1.29 is 9.53 Å². The molecule has 0 N–H and O–H groups in total. The van der Waals surface area contributed by atoms with Crippen molar-refractivity contribution in [3.05, 3.63) is 51.5 Å². The highest BCUT2D eigenvalue weighted by Gasteiger charge is 2.11. The zero-order valence-corrected chi connectivity index (χ0v) is 9.18. The molecule has 0 fully saturated rings. The predicted octanol–water partition coefficient (Wildman–Crippen LogP) is 3.16. The molecule has 0 aliphatic carbocycles. The van der Waals surface area contributed by atoms with Gasteiger partial charge in [0.15, 0.2) is 0 Å². The van der Waals surface area contributed by atoms with E-state index in [1.165, 1.54) is 7.11 Å². The molecule has 0 aliphatic heterocycles. The first-order chi connectivity index (χ1) is 7.69. The van der Waals surface area contributed by atoms with Crippen LogP contribution in [0.25, 0.3) is 16.0 Å². The summed E-state index contributed by atoms with van der Waals surface area (Å²) >= 11 is 5.72. The monoisotopic (exact) mass is 237 g/mol. The van der Waals surface area contributed by atoms with Crippen molar-refractivity contribution in [3.8, 4) is 0 Å². The van der Waals surface area contributed by atoms with E-state index in [-0.39, 0.29) is 5.57 Å². The Hall–Kier alpha value is -1.97. The van der Waals surface area contributed by atoms with Crippen molar-refractivity contribution in [1.29, 1.82) is 0 Å². The highest BCUT2D eigenvalue weighted by atomic mass is 35.5. The summed E-state index contributed by atoms with van der Waals surface area (Å²) in [7, 11) is 1.25. The van der Waals surface area contributed by atoms with Gasteiger partial charge in [0.25, 0.3) is 0 Å². The first kappa shape index (κ1) is 12.1. The van der Waals surface area contributed by atoms with E-state index < -0.39 is 5.97 Å². The Kier molecular flexibility index (Phi) is 4.39. The summed E-state index contributed by atoms with van der Waals surface area (Å²) in [6.07, 6.45) is 1.11. The van der Waals surface area contributed by atoms with Gasteiger partial charge in [0.1, 0.15) is 0 Å². The maximum Gasteiger partial charge on any atom is 0.338 e. The van der Waals surface area contributed by atoms with Gasteiger partial charge in [0.05, 0.1) is 12.7 Å². The van der Waals surface area contributed by atoms with Crippen molar-refractivity contribution in [3.63, 3.8) is 0 Å². The van der Waals surface area contributed by atoms with Crippen LogP contribution in [0.5, 0.6) is 0 Å². The van der Waals surface area contributed by atoms with E-state index in [2.05, 4.69) is 14.8 Å². The molecule has 0 unspecified atom stereocenters. The van der Waals surface area contributed by atoms with Gasteiger partial charge in [0, 0.05) is 16.1 Å². The number of hydrogen-bond donors (Lipinski definition) is 0. The van der Waals surface area contributed by atoms with Crippen LogP contribution >= 0.6 is 11.6 Å². The van der Waals surface area contributed by atoms with Gasteiger partial charge in [-0.1, -0.05) is 28.8 Å². The summed E-state index contributed by atoms with van der Waals surface area (Å²) in [6.45, 7) is 0. The minimum absolute atomic E-state index is 0.178. The number of azide groups is 1. The number of ether oxygens (including phenoxy) is 1. The van der Waals surface area contributed by atoms with Crippen LogP contribution in [0.3, 0.4) is 0 Å². The SMILES string of the molecule is COC(=O)/C(=C/N=[N+]=[N-])c1ccc(Cl)cc1. The Morgan fingerprint density at radius 1 is 1.50 bits per heavy atom. The lowest BCUT2D eigenvalue weighted by molar-refractivity contribution is -0.133. The molecule has 0 aromatic heterocycles. The lowest BCUT2D eigenvalue weighted by Gasteiger charge is -2.04. The molecule has 0 radical (unpaired) electrons. The molecule has 0 saturated carbocycles. The topological polar surface area (TPSA) is 75.1 Å². The van der Waals surface area contributed by atoms with Crippen LogP contribution in [0.1, 0.15) is 5.56 Å². The van der Waals surface area contributed by atoms with Crippen LogP contribution in [0.4, 0.5) is 0 Å². The van der Waals surface area contributed by atoms with Crippen molar-refractivity contribution in [1.82, 2.24) is 0 Å². The normalized spacial score (nSPS) is 10.5. The highest BCUT2D eigenvalue weighted by Crippen LogP contribution is 2.18. The van der Waals surface area contributed by atoms with E-state index in [4.69, 9.17) is 17.1 Å². The van der Waals surface area contributed by atoms with E-state index in [9.17, 15) is 4.79 Å². The average molecular weight is 238 g/mol. The van der Waals surface area contributed by atoms with Gasteiger partial charge in [0.2, 0.25) is 0 Å². The second-order valence-corrected chi connectivity index (χ2v) is 3.18. The number of rotatable bonds is 3. The first-order valence-electron chi connectivity index (χ1n) is 4.27. The van der Waals surface area contributed by atoms with Crippen LogP contribution < -0.4 is 0 Å². The summed E-state index contributed by atoms with van der Waals surface area (Å²) in [5, 5.41) is 3.78. The van der Waals surface area contributed by atoms with Gasteiger partial charge < -0.3 is 4.74 Å². The molecule has 6 heteroatoms. The van der Waals surface area contributed by atoms with Gasteiger partial charge in [-0.3, -0.25) is 0 Å². The molecule has 5 nitrogen and oxygen atoms in total. The van der Waals surface area contributed by atoms with E-state index >= 15 is 0 Å². The van der Waals surface area contributed by atoms with Crippen LogP contribution in [0.15, 0.2) is 35.6 Å². The number of carbonyl (C=O) groups excluding carboxylic acids is 1. The second kappa shape index (κ2) is 5.80. The zero-order valence-electron chi connectivity index (χ0n) is 8.42. The summed E-state index contributed by atoms with van der Waals surface area (Å²) in [5.41, 5.74) is 8.95. The molecule has 0 heterocycles. The van der Waals surface area contributed by atoms with Gasteiger partial charge in [-0.15, -0.1) is 0 Å². The van der Waals surface area contributed by atoms with Crippen LogP contribution in [0.2, 0.25) is 5.02 Å². The maximum absolute atomic E-state index is 11.4. The van der Waals surface area contributed by atoms with Crippen LogP contribution in [0, 0.1) is 0 Å². The quantitative estimate of drug-likeness (QED) is 0.266. The van der Waals surface area contributed by atoms with Gasteiger partial charge >= 0.3 is 5.97 Å². The Bertz CT molecular complexity index is 461. The third-order valence-electron chi connectivity index (χ3n) is 1.80. The molecule has 0 spiro atoms. The number of nitrogens with zero attached hydrogens (tertiary/aromatic N) is 3. The molecule has 82 valence electrons. The van der Waals surface area contributed by atoms with Crippen molar-refractivity contribution in [2.24, 2.45) is 5.11 Å². The first-order valence-corrected chi connectivity index (χ1v) is 4.65. The van der Waals surface area contributed by atoms with E-state index in [0.717, 1.165) is 6.20 Å². The maximum atomic E-state index is 11.4. The second-order valence-electron chi connectivity index (χ2n) is 2.75. The minimum Gasteiger partial charge on any atom is -0.465 e. The Balaban J connectivity index is 3.16. The summed E-state index contributed by atoms with van der Waals surface area (Å²) in [4.78, 5) is 13.9. The molecule has 0 saturated heterocycles. The smallest absolute Gasteiger partial charge is 0.338 e. The summed E-state index contributed by atoms with van der Waals surface area (Å²) < 4.78 is 4.57. The molecular formula is C10H8ClN3O2. The summed E-state index contributed by atoms with van der Waals surface area (Å²) in [5.74, 6) is -0.574. The molecule has 1 aromatic rings. The standard InChI is InChI=1S/C10H8ClN3O2/c1-16-10(15)9(6-13-14-12)7-2-4-8(11)5-3-7/h2-6H,1H3/b9-6+. The molecule has 0 atom stereocenters. The van der Waals surface area contributed by atoms with E-state index in [1.807, 2.05) is 0 Å².